The third-order valence-electron chi connectivity index (χ3n) is 17.5. The monoisotopic (exact) mass is 1310 g/mol. The lowest BCUT2D eigenvalue weighted by molar-refractivity contribution is 0.122. The number of ether oxygens (including phenoxy) is 3. The van der Waals surface area contributed by atoms with Crippen molar-refractivity contribution in [1.29, 1.82) is 0 Å². The Bertz CT molecular complexity index is 4940. The maximum atomic E-state index is 13.3. The first-order chi connectivity index (χ1) is 46.1. The molecule has 3 unspecified atom stereocenters. The number of rotatable bonds is 4. The third-order valence-corrected chi connectivity index (χ3v) is 18.0. The van der Waals surface area contributed by atoms with Gasteiger partial charge in [0.25, 0.3) is 12.3 Å². The Labute approximate surface area is 558 Å². The van der Waals surface area contributed by atoms with Crippen molar-refractivity contribution in [2.75, 3.05) is 17.2 Å². The average Bonchev–Trinajstić information content (AvgIpc) is 1.58. The summed E-state index contributed by atoms with van der Waals surface area (Å²) in [4.78, 5) is 17.8. The number of nitrogens with zero attached hydrogens (tertiary/aromatic N) is 15. The summed E-state index contributed by atoms with van der Waals surface area (Å²) in [6.07, 6.45) is 11.4. The second-order valence-electron chi connectivity index (χ2n) is 24.5. The summed E-state index contributed by atoms with van der Waals surface area (Å²) in [5.74, 6) is 2.81. The topological polar surface area (TPSA) is 272 Å². The van der Waals surface area contributed by atoms with Crippen LogP contribution in [-0.2, 0) is 59.9 Å². The predicted octanol–water partition coefficient (Wildman–Crippen LogP) is 13.5. The highest BCUT2D eigenvalue weighted by atomic mass is 35.5. The molecule has 25 heteroatoms. The maximum Gasteiger partial charge on any atom is 0.258 e. The SMILES string of the molecule is CCc1noc2c1-c1cnc(N)c(n1)OC(C)c1cc(C)ccc1-c1nn(C)cc1C2.CCn1ncc2c1-c1cnc(N)c(c1)OC(C)c1cc(C)ccc1-c1nn(C)c(Cl)c1C2.Cc1ccc2c(c1)C(C)Oc1cc(cnc1N)-c1c(cnn1CC(F)F)Cc1cn(C)nc1-2. The molecule has 3 atom stereocenters. The van der Waals surface area contributed by atoms with Crippen LogP contribution in [0.15, 0.2) is 115 Å². The number of aromatic nitrogens is 15. The maximum absolute atomic E-state index is 13.3. The van der Waals surface area contributed by atoms with Gasteiger partial charge in [0, 0.05) is 144 Å². The van der Waals surface area contributed by atoms with E-state index in [0.29, 0.717) is 71.0 Å². The lowest BCUT2D eigenvalue weighted by atomic mass is 9.93. The summed E-state index contributed by atoms with van der Waals surface area (Å²) in [5.41, 5.74) is 40.6. The van der Waals surface area contributed by atoms with Gasteiger partial charge in [0.1, 0.15) is 30.0 Å². The van der Waals surface area contributed by atoms with Gasteiger partial charge in [-0.05, 0) is 67.0 Å². The quantitative estimate of drug-likeness (QED) is 0.148. The van der Waals surface area contributed by atoms with E-state index in [2.05, 4.69) is 93.5 Å². The van der Waals surface area contributed by atoms with E-state index in [-0.39, 0.29) is 29.9 Å². The lowest BCUT2D eigenvalue weighted by Crippen LogP contribution is -2.12. The van der Waals surface area contributed by atoms with Crippen LogP contribution < -0.4 is 31.4 Å². The van der Waals surface area contributed by atoms with Crippen LogP contribution in [0.1, 0.15) is 126 Å². The highest BCUT2D eigenvalue weighted by Gasteiger charge is 2.31. The van der Waals surface area contributed by atoms with Crippen LogP contribution in [0, 0.1) is 20.8 Å². The number of halogens is 3. The van der Waals surface area contributed by atoms with Crippen LogP contribution in [0.4, 0.5) is 26.2 Å². The molecular weight excluding hydrogens is 1240 g/mol. The average molecular weight is 1320 g/mol. The fraction of sp³-hybridized carbons (Fsp3) is 0.296. The highest BCUT2D eigenvalue weighted by molar-refractivity contribution is 6.30. The molecule has 0 fully saturated rings. The van der Waals surface area contributed by atoms with E-state index in [4.69, 9.17) is 67.8 Å². The fourth-order valence-electron chi connectivity index (χ4n) is 13.0. The first-order valence-electron chi connectivity index (χ1n) is 31.7. The van der Waals surface area contributed by atoms with Crippen molar-refractivity contribution in [3.63, 3.8) is 0 Å². The zero-order valence-corrected chi connectivity index (χ0v) is 55.9. The summed E-state index contributed by atoms with van der Waals surface area (Å²) in [6, 6.07) is 22.5. The Morgan fingerprint density at radius 2 is 1.08 bits per heavy atom. The molecule has 3 aliphatic rings. The van der Waals surface area contributed by atoms with Gasteiger partial charge in [-0.1, -0.05) is 95.0 Å². The molecule has 12 aromatic rings. The Morgan fingerprint density at radius 3 is 1.62 bits per heavy atom. The Hall–Kier alpha value is -10.8. The van der Waals surface area contributed by atoms with Crippen molar-refractivity contribution >= 4 is 29.1 Å². The molecule has 0 saturated carbocycles. The van der Waals surface area contributed by atoms with Crippen LogP contribution in [0.3, 0.4) is 0 Å². The standard InChI is InChI=1S/C24H25ClN6O.C24H24F2N6O.C23H24N6O2/c1-5-31-22-15(12-28-31)9-19-21(29-30(4)23(19)25)17-7-6-13(2)8-18(17)14(3)32-20-10-16(22)11-27-24(20)26;1-13-4-5-18-19(6-13)14(2)33-20-8-16(9-28-24(20)27)23-15(10-29-32(23)12-21(25)26)7-17-11-31(3)30-22(17)18;1-5-17-20-18-10-25-22(24)23(26-18)30-13(3)16-8-12(2)6-7-15(16)21-14(11-29(4)27-21)9-19(20)31-28-17/h6-8,10-12,14H,5,9H2,1-4H3,(H2,26,27);4-6,8-11,14,21H,7,12H2,1-3H3,(H2,27,28);6-8,10-11,13H,5,9H2,1-4H3,(H2,24,25). The summed E-state index contributed by atoms with van der Waals surface area (Å²) in [5, 5.41) is 28.1. The van der Waals surface area contributed by atoms with Gasteiger partial charge in [0.05, 0.1) is 64.0 Å². The number of nitrogens with two attached hydrogens (primary N) is 3. The van der Waals surface area contributed by atoms with Crippen LogP contribution in [-0.4, -0.2) is 80.4 Å². The molecule has 3 aromatic carbocycles. The molecule has 6 bridgehead atoms. The molecule has 0 amide bonds. The van der Waals surface area contributed by atoms with E-state index in [1.807, 2.05) is 102 Å². The number of fused-ring (bicyclic) bond motifs is 21. The Morgan fingerprint density at radius 1 is 0.583 bits per heavy atom. The number of hydrogen-bond donors (Lipinski definition) is 3. The smallest absolute Gasteiger partial charge is 0.258 e. The van der Waals surface area contributed by atoms with Gasteiger partial charge in [0.15, 0.2) is 34.7 Å². The van der Waals surface area contributed by atoms with Gasteiger partial charge >= 0.3 is 0 Å². The molecule has 0 spiro atoms. The van der Waals surface area contributed by atoms with Crippen LogP contribution in [0.2, 0.25) is 5.15 Å². The summed E-state index contributed by atoms with van der Waals surface area (Å²) in [7, 11) is 5.66. The Kier molecular flexibility index (Phi) is 17.2. The van der Waals surface area contributed by atoms with E-state index in [1.165, 1.54) is 4.68 Å². The third kappa shape index (κ3) is 12.3. The van der Waals surface area contributed by atoms with Crippen molar-refractivity contribution in [2.45, 2.75) is 119 Å². The minimum atomic E-state index is -2.54. The number of anilines is 3. The second-order valence-corrected chi connectivity index (χ2v) is 24.9. The largest absolute Gasteiger partial charge is 0.482 e. The number of aryl methyl sites for hydroxylation is 8. The predicted molar refractivity (Wildman–Crippen MR) is 363 cm³/mol. The summed E-state index contributed by atoms with van der Waals surface area (Å²) >= 11 is 6.76. The van der Waals surface area contributed by atoms with Gasteiger partial charge in [-0.25, -0.2) is 28.7 Å². The van der Waals surface area contributed by atoms with E-state index >= 15 is 0 Å². The van der Waals surface area contributed by atoms with Gasteiger partial charge < -0.3 is 35.9 Å². The minimum absolute atomic E-state index is 0.233. The molecule has 0 saturated heterocycles. The highest BCUT2D eigenvalue weighted by Crippen LogP contribution is 2.44. The van der Waals surface area contributed by atoms with Crippen molar-refractivity contribution in [3.8, 4) is 84.9 Å². The summed E-state index contributed by atoms with van der Waals surface area (Å²) in [6.45, 7) is 16.4. The van der Waals surface area contributed by atoms with Gasteiger partial charge in [-0.3, -0.25) is 23.4 Å². The minimum Gasteiger partial charge on any atom is -0.482 e. The van der Waals surface area contributed by atoms with Crippen molar-refractivity contribution in [1.82, 2.24) is 74.0 Å². The second kappa shape index (κ2) is 25.9. The summed E-state index contributed by atoms with van der Waals surface area (Å²) < 4.78 is 59.9. The van der Waals surface area contributed by atoms with Crippen LogP contribution in [0.25, 0.3) is 67.5 Å². The van der Waals surface area contributed by atoms with Crippen molar-refractivity contribution in [2.24, 2.45) is 21.1 Å². The molecule has 3 aliphatic heterocycles. The number of benzene rings is 3. The van der Waals surface area contributed by atoms with Gasteiger partial charge in [-0.15, -0.1) is 0 Å². The lowest BCUT2D eigenvalue weighted by Gasteiger charge is -2.21. The van der Waals surface area contributed by atoms with E-state index in [0.717, 1.165) is 130 Å². The molecule has 492 valence electrons. The van der Waals surface area contributed by atoms with E-state index < -0.39 is 13.0 Å². The number of nitrogen functional groups attached to an aromatic ring is 3. The molecule has 0 radical (unpaired) electrons. The van der Waals surface area contributed by atoms with Crippen molar-refractivity contribution in [3.05, 3.63) is 188 Å². The molecule has 22 nitrogen and oxygen atoms in total. The van der Waals surface area contributed by atoms with Crippen LogP contribution >= 0.6 is 11.6 Å². The first kappa shape index (κ1) is 64.0. The molecule has 15 rings (SSSR count). The normalized spacial score (nSPS) is 15.1. The molecule has 12 heterocycles. The van der Waals surface area contributed by atoms with E-state index in [9.17, 15) is 8.78 Å². The first-order valence-corrected chi connectivity index (χ1v) is 32.1. The van der Waals surface area contributed by atoms with Crippen molar-refractivity contribution < 1.29 is 27.5 Å². The van der Waals surface area contributed by atoms with Gasteiger partial charge in [0.2, 0.25) is 0 Å². The number of alkyl halides is 2. The molecule has 6 N–H and O–H groups in total. The Balaban J connectivity index is 0.000000130. The number of hydrogen-bond acceptors (Lipinski definition) is 17. The zero-order chi connectivity index (χ0) is 67.5. The van der Waals surface area contributed by atoms with Crippen LogP contribution in [0.5, 0.6) is 17.4 Å². The van der Waals surface area contributed by atoms with E-state index in [1.54, 1.807) is 40.2 Å². The molecule has 0 aliphatic carbocycles. The zero-order valence-electron chi connectivity index (χ0n) is 55.2. The number of pyridine rings is 2. The molecular formula is C71H73ClF2N18O4. The van der Waals surface area contributed by atoms with Gasteiger partial charge in [-0.2, -0.15) is 25.5 Å². The molecule has 9 aromatic heterocycles. The fourth-order valence-corrected chi connectivity index (χ4v) is 13.2. The molecule has 96 heavy (non-hydrogen) atoms.